The topological polar surface area (TPSA) is 29.9 Å². The van der Waals surface area contributed by atoms with Crippen LogP contribution in [-0.4, -0.2) is 22.1 Å². The van der Waals surface area contributed by atoms with Crippen LogP contribution in [0, 0.1) is 0 Å². The third-order valence-corrected chi connectivity index (χ3v) is 2.91. The van der Waals surface area contributed by atoms with Gasteiger partial charge in [-0.1, -0.05) is 6.92 Å². The molecule has 0 bridgehead atoms. The zero-order valence-corrected chi connectivity index (χ0v) is 9.12. The average molecular weight is 211 g/mol. The summed E-state index contributed by atoms with van der Waals surface area (Å²) in [4.78, 5) is 4.13. The fourth-order valence-electron chi connectivity index (χ4n) is 2.14. The molecule has 1 aliphatic heterocycles. The molecule has 0 radical (unpaired) electrons. The van der Waals surface area contributed by atoms with Crippen LogP contribution in [0.1, 0.15) is 38.2 Å². The van der Waals surface area contributed by atoms with Gasteiger partial charge >= 0.3 is 0 Å². The van der Waals surface area contributed by atoms with Crippen LogP contribution in [0.2, 0.25) is 0 Å². The smallest absolute Gasteiger partial charge is 0.173 e. The summed E-state index contributed by atoms with van der Waals surface area (Å²) in [5.41, 5.74) is 0. The molecule has 0 amide bonds. The lowest BCUT2D eigenvalue weighted by Crippen LogP contribution is -2.28. The molecule has 0 saturated carbocycles. The summed E-state index contributed by atoms with van der Waals surface area (Å²) in [6, 6.07) is -0.0389. The minimum Gasteiger partial charge on any atom is -0.332 e. The van der Waals surface area contributed by atoms with Crippen LogP contribution in [0.15, 0.2) is 12.4 Å². The Kier molecular flexibility index (Phi) is 3.36. The van der Waals surface area contributed by atoms with Crippen molar-refractivity contribution in [2.24, 2.45) is 0 Å². The van der Waals surface area contributed by atoms with Gasteiger partial charge < -0.3 is 9.88 Å². The maximum absolute atomic E-state index is 14.1. The maximum atomic E-state index is 14.1. The molecule has 1 fully saturated rings. The molecule has 1 aliphatic rings. The van der Waals surface area contributed by atoms with Gasteiger partial charge in [-0.3, -0.25) is 0 Å². The third-order valence-electron chi connectivity index (χ3n) is 2.91. The van der Waals surface area contributed by atoms with Crippen molar-refractivity contribution in [3.8, 4) is 0 Å². The van der Waals surface area contributed by atoms with E-state index >= 15 is 0 Å². The van der Waals surface area contributed by atoms with E-state index in [1.807, 2.05) is 10.8 Å². The Morgan fingerprint density at radius 1 is 1.73 bits per heavy atom. The van der Waals surface area contributed by atoms with Crippen molar-refractivity contribution in [1.29, 1.82) is 0 Å². The summed E-state index contributed by atoms with van der Waals surface area (Å²) in [7, 11) is 0. The first-order chi connectivity index (χ1) is 7.33. The van der Waals surface area contributed by atoms with E-state index < -0.39 is 6.17 Å². The number of rotatable bonds is 4. The Balaban J connectivity index is 2.09. The first-order valence-electron chi connectivity index (χ1n) is 5.71. The first-order valence-corrected chi connectivity index (χ1v) is 5.71. The summed E-state index contributed by atoms with van der Waals surface area (Å²) >= 11 is 0. The minimum absolute atomic E-state index is 0.0389. The molecule has 2 atom stereocenters. The van der Waals surface area contributed by atoms with E-state index in [2.05, 4.69) is 17.2 Å². The van der Waals surface area contributed by atoms with Gasteiger partial charge in [0.2, 0.25) is 0 Å². The lowest BCUT2D eigenvalue weighted by molar-refractivity contribution is 0.250. The quantitative estimate of drug-likeness (QED) is 0.826. The SMILES string of the molecule is CCCn1ccnc1C(F)C1CCCN1. The van der Waals surface area contributed by atoms with E-state index in [1.54, 1.807) is 6.20 Å². The van der Waals surface area contributed by atoms with Crippen molar-refractivity contribution in [2.75, 3.05) is 6.54 Å². The van der Waals surface area contributed by atoms with Crippen LogP contribution < -0.4 is 5.32 Å². The molecule has 3 nitrogen and oxygen atoms in total. The summed E-state index contributed by atoms with van der Waals surface area (Å²) in [5.74, 6) is 0.580. The Hall–Kier alpha value is -0.900. The fraction of sp³-hybridized carbons (Fsp3) is 0.727. The second kappa shape index (κ2) is 4.75. The second-order valence-electron chi connectivity index (χ2n) is 4.08. The van der Waals surface area contributed by atoms with Crippen LogP contribution in [0.3, 0.4) is 0 Å². The highest BCUT2D eigenvalue weighted by Crippen LogP contribution is 2.25. The van der Waals surface area contributed by atoms with Crippen LogP contribution >= 0.6 is 0 Å². The minimum atomic E-state index is -0.964. The van der Waals surface area contributed by atoms with Gasteiger partial charge in [-0.15, -0.1) is 0 Å². The highest BCUT2D eigenvalue weighted by molar-refractivity contribution is 5.02. The first kappa shape index (κ1) is 10.6. The van der Waals surface area contributed by atoms with E-state index in [4.69, 9.17) is 0 Å². The van der Waals surface area contributed by atoms with Gasteiger partial charge in [0.15, 0.2) is 6.17 Å². The number of aryl methyl sites for hydroxylation is 1. The number of halogens is 1. The molecule has 2 unspecified atom stereocenters. The number of hydrogen-bond donors (Lipinski definition) is 1. The third kappa shape index (κ3) is 2.20. The predicted octanol–water partition coefficient (Wildman–Crippen LogP) is 2.06. The number of imidazole rings is 1. The van der Waals surface area contributed by atoms with Gasteiger partial charge in [-0.25, -0.2) is 9.37 Å². The molecule has 0 spiro atoms. The van der Waals surface area contributed by atoms with Gasteiger partial charge in [-0.05, 0) is 25.8 Å². The lowest BCUT2D eigenvalue weighted by atomic mass is 10.1. The van der Waals surface area contributed by atoms with Crippen LogP contribution in [-0.2, 0) is 6.54 Å². The monoisotopic (exact) mass is 211 g/mol. The van der Waals surface area contributed by atoms with Crippen molar-refractivity contribution in [3.63, 3.8) is 0 Å². The molecular formula is C11H18FN3. The van der Waals surface area contributed by atoms with Crippen LogP contribution in [0.5, 0.6) is 0 Å². The molecular weight excluding hydrogens is 193 g/mol. The molecule has 0 aliphatic carbocycles. The number of nitrogens with zero attached hydrogens (tertiary/aromatic N) is 2. The molecule has 0 aromatic carbocycles. The standard InChI is InChI=1S/C11H18FN3/c1-2-7-15-8-6-14-11(15)10(12)9-4-3-5-13-9/h6,8-10,13H,2-5,7H2,1H3. The van der Waals surface area contributed by atoms with Crippen LogP contribution in [0.25, 0.3) is 0 Å². The van der Waals surface area contributed by atoms with Gasteiger partial charge in [0.1, 0.15) is 5.82 Å². The molecule has 2 heterocycles. The summed E-state index contributed by atoms with van der Waals surface area (Å²) in [6.45, 7) is 3.87. The van der Waals surface area contributed by atoms with Crippen molar-refractivity contribution >= 4 is 0 Å². The van der Waals surface area contributed by atoms with E-state index in [9.17, 15) is 4.39 Å². The maximum Gasteiger partial charge on any atom is 0.173 e. The molecule has 1 aromatic rings. The predicted molar refractivity (Wildman–Crippen MR) is 57.4 cm³/mol. The number of aromatic nitrogens is 2. The van der Waals surface area contributed by atoms with Crippen LogP contribution in [0.4, 0.5) is 4.39 Å². The normalized spacial score (nSPS) is 23.2. The Morgan fingerprint density at radius 3 is 3.27 bits per heavy atom. The van der Waals surface area contributed by atoms with Gasteiger partial charge in [0.25, 0.3) is 0 Å². The highest BCUT2D eigenvalue weighted by Gasteiger charge is 2.28. The van der Waals surface area contributed by atoms with E-state index in [1.165, 1.54) is 0 Å². The molecule has 84 valence electrons. The van der Waals surface area contributed by atoms with Crippen molar-refractivity contribution < 1.29 is 4.39 Å². The Labute approximate surface area is 89.7 Å². The van der Waals surface area contributed by atoms with Crippen molar-refractivity contribution in [2.45, 2.75) is 44.9 Å². The molecule has 1 saturated heterocycles. The molecule has 2 rings (SSSR count). The largest absolute Gasteiger partial charge is 0.332 e. The Morgan fingerprint density at radius 2 is 2.60 bits per heavy atom. The summed E-state index contributed by atoms with van der Waals surface area (Å²) in [6.07, 6.45) is 5.58. The van der Waals surface area contributed by atoms with Crippen molar-refractivity contribution in [1.82, 2.24) is 14.9 Å². The van der Waals surface area contributed by atoms with E-state index in [0.717, 1.165) is 32.4 Å². The number of nitrogens with one attached hydrogen (secondary N) is 1. The molecule has 4 heteroatoms. The lowest BCUT2D eigenvalue weighted by Gasteiger charge is -2.16. The van der Waals surface area contributed by atoms with Crippen molar-refractivity contribution in [3.05, 3.63) is 18.2 Å². The Bertz CT molecular complexity index is 305. The van der Waals surface area contributed by atoms with E-state index in [-0.39, 0.29) is 6.04 Å². The molecule has 1 N–H and O–H groups in total. The fourth-order valence-corrected chi connectivity index (χ4v) is 2.14. The zero-order chi connectivity index (χ0) is 10.7. The van der Waals surface area contributed by atoms with E-state index in [0.29, 0.717) is 5.82 Å². The highest BCUT2D eigenvalue weighted by atomic mass is 19.1. The summed E-state index contributed by atoms with van der Waals surface area (Å²) in [5, 5.41) is 3.19. The number of alkyl halides is 1. The van der Waals surface area contributed by atoms with Gasteiger partial charge in [0.05, 0.1) is 0 Å². The second-order valence-corrected chi connectivity index (χ2v) is 4.08. The summed E-state index contributed by atoms with van der Waals surface area (Å²) < 4.78 is 16.0. The number of hydrogen-bond acceptors (Lipinski definition) is 2. The average Bonchev–Trinajstić information content (AvgIpc) is 2.87. The molecule has 1 aromatic heterocycles. The zero-order valence-electron chi connectivity index (χ0n) is 9.12. The van der Waals surface area contributed by atoms with Gasteiger partial charge in [0, 0.05) is 25.0 Å². The molecule has 15 heavy (non-hydrogen) atoms. The van der Waals surface area contributed by atoms with Gasteiger partial charge in [-0.2, -0.15) is 0 Å².